The number of fused-ring (bicyclic) bond motifs is 1. The van der Waals surface area contributed by atoms with Gasteiger partial charge in [0.1, 0.15) is 5.75 Å². The molecule has 1 saturated heterocycles. The second kappa shape index (κ2) is 16.7. The molecule has 1 aliphatic rings. The minimum absolute atomic E-state index is 0.0255. The third-order valence-corrected chi connectivity index (χ3v) is 10.6. The van der Waals surface area contributed by atoms with Gasteiger partial charge in [0.05, 0.1) is 44.3 Å². The van der Waals surface area contributed by atoms with Gasteiger partial charge in [-0.05, 0) is 59.2 Å². The van der Waals surface area contributed by atoms with Gasteiger partial charge in [-0.15, -0.1) is 0 Å². The van der Waals surface area contributed by atoms with E-state index in [4.69, 9.17) is 25.8 Å². The summed E-state index contributed by atoms with van der Waals surface area (Å²) >= 11 is 6.63. The third kappa shape index (κ3) is 8.75. The number of methoxy groups -OCH3 is 1. The van der Waals surface area contributed by atoms with Crippen molar-refractivity contribution >= 4 is 38.5 Å². The molecular weight excluding hydrogens is 674 g/mol. The summed E-state index contributed by atoms with van der Waals surface area (Å²) in [6.07, 6.45) is 0.987. The largest absolute Gasteiger partial charge is 0.493 e. The Bertz CT molecular complexity index is 1940. The summed E-state index contributed by atoms with van der Waals surface area (Å²) in [5.74, 6) is 0.243. The third-order valence-electron chi connectivity index (χ3n) is 9.03. The monoisotopic (exact) mass is 715 g/mol. The van der Waals surface area contributed by atoms with Crippen LogP contribution in [0.25, 0.3) is 10.9 Å². The number of morpholine rings is 1. The molecule has 0 radical (unpaired) electrons. The molecule has 5 aromatic rings. The fourth-order valence-electron chi connectivity index (χ4n) is 6.56. The molecule has 1 fully saturated rings. The number of ether oxygens (including phenoxy) is 3. The number of esters is 1. The summed E-state index contributed by atoms with van der Waals surface area (Å²) in [6.45, 7) is 3.76. The molecule has 11 heteroatoms. The quantitative estimate of drug-likeness (QED) is 0.130. The van der Waals surface area contributed by atoms with E-state index in [1.807, 2.05) is 54.6 Å². The summed E-state index contributed by atoms with van der Waals surface area (Å²) in [5.41, 5.74) is 5.69. The van der Waals surface area contributed by atoms with Crippen LogP contribution >= 0.6 is 11.6 Å². The van der Waals surface area contributed by atoms with Crippen LogP contribution in [0.3, 0.4) is 0 Å². The first-order valence-corrected chi connectivity index (χ1v) is 18.9. The summed E-state index contributed by atoms with van der Waals surface area (Å²) in [4.78, 5) is 14.0. The lowest BCUT2D eigenvalue weighted by Gasteiger charge is -2.26. The highest BCUT2D eigenvalue weighted by Crippen LogP contribution is 2.37. The van der Waals surface area contributed by atoms with Crippen LogP contribution in [0.4, 0.5) is 0 Å². The van der Waals surface area contributed by atoms with Gasteiger partial charge in [0.15, 0.2) is 0 Å². The Kier molecular flexibility index (Phi) is 11.9. The predicted molar refractivity (Wildman–Crippen MR) is 197 cm³/mol. The number of rotatable bonds is 15. The number of nitrogens with one attached hydrogen (secondary N) is 1. The molecule has 1 N–H and O–H groups in total. The van der Waals surface area contributed by atoms with Crippen LogP contribution in [-0.4, -0.2) is 82.7 Å². The highest BCUT2D eigenvalue weighted by atomic mass is 35.5. The average Bonchev–Trinajstić information content (AvgIpc) is 3.43. The zero-order valence-corrected chi connectivity index (χ0v) is 29.7. The van der Waals surface area contributed by atoms with E-state index in [-0.39, 0.29) is 18.3 Å². The Hall–Kier alpha value is -4.19. The summed E-state index contributed by atoms with van der Waals surface area (Å²) < 4.78 is 48.0. The van der Waals surface area contributed by atoms with Crippen molar-refractivity contribution in [2.75, 3.05) is 58.9 Å². The van der Waals surface area contributed by atoms with Crippen LogP contribution in [0, 0.1) is 0 Å². The molecule has 0 bridgehead atoms. The molecule has 1 aromatic heterocycles. The van der Waals surface area contributed by atoms with E-state index in [0.29, 0.717) is 55.5 Å². The fourth-order valence-corrected chi connectivity index (χ4v) is 7.79. The highest BCUT2D eigenvalue weighted by Gasteiger charge is 2.26. The Morgan fingerprint density at radius 1 is 0.900 bits per heavy atom. The van der Waals surface area contributed by atoms with Gasteiger partial charge in [-0.3, -0.25) is 4.90 Å². The Balaban J connectivity index is 1.35. The molecule has 0 saturated carbocycles. The average molecular weight is 716 g/mol. The lowest BCUT2D eigenvalue weighted by molar-refractivity contribution is 0.0408. The number of hydrogen-bond donors (Lipinski definition) is 1. The lowest BCUT2D eigenvalue weighted by Crippen LogP contribution is -2.41. The molecule has 262 valence electrons. The van der Waals surface area contributed by atoms with Crippen LogP contribution in [-0.2, 0) is 32.3 Å². The van der Waals surface area contributed by atoms with Crippen molar-refractivity contribution in [2.45, 2.75) is 18.9 Å². The zero-order valence-electron chi connectivity index (χ0n) is 28.1. The van der Waals surface area contributed by atoms with Gasteiger partial charge in [0.2, 0.25) is 10.0 Å². The van der Waals surface area contributed by atoms with Crippen LogP contribution in [0.2, 0.25) is 5.02 Å². The molecule has 0 spiro atoms. The van der Waals surface area contributed by atoms with Gasteiger partial charge >= 0.3 is 5.97 Å². The van der Waals surface area contributed by atoms with E-state index >= 15 is 0 Å². The summed E-state index contributed by atoms with van der Waals surface area (Å²) in [7, 11) is -2.17. The maximum absolute atomic E-state index is 13.2. The Morgan fingerprint density at radius 2 is 1.56 bits per heavy atom. The number of carbonyl (C=O) groups is 1. The van der Waals surface area contributed by atoms with Crippen molar-refractivity contribution in [1.82, 2.24) is 14.2 Å². The molecular formula is C39H42ClN3O6S. The first-order chi connectivity index (χ1) is 24.3. The summed E-state index contributed by atoms with van der Waals surface area (Å²) in [6, 6.07) is 33.2. The number of benzene rings is 4. The minimum atomic E-state index is -3.52. The van der Waals surface area contributed by atoms with E-state index in [9.17, 15) is 13.2 Å². The van der Waals surface area contributed by atoms with Gasteiger partial charge in [0.25, 0.3) is 0 Å². The lowest BCUT2D eigenvalue weighted by atomic mass is 9.97. The van der Waals surface area contributed by atoms with E-state index in [1.54, 1.807) is 24.3 Å². The topological polar surface area (TPSA) is 99.1 Å². The number of sulfonamides is 1. The van der Waals surface area contributed by atoms with Crippen molar-refractivity contribution in [1.29, 1.82) is 0 Å². The molecule has 0 atom stereocenters. The van der Waals surface area contributed by atoms with E-state index < -0.39 is 16.0 Å². The molecule has 0 amide bonds. The van der Waals surface area contributed by atoms with Crippen molar-refractivity contribution in [3.63, 3.8) is 0 Å². The zero-order chi connectivity index (χ0) is 34.9. The number of nitrogens with zero attached hydrogens (tertiary/aromatic N) is 2. The molecule has 6 rings (SSSR count). The molecule has 4 aromatic carbocycles. The SMILES string of the molecule is COC(=O)c1ccc(OCCc2c(CCNS(=O)(=O)CCN3CCOCC3)n(C(c3ccccc3)c3ccccc3)c3ccc(Cl)cc23)cc1. The normalized spacial score (nSPS) is 13.9. The van der Waals surface area contributed by atoms with Gasteiger partial charge in [-0.2, -0.15) is 0 Å². The minimum Gasteiger partial charge on any atom is -0.493 e. The first-order valence-electron chi connectivity index (χ1n) is 16.8. The smallest absolute Gasteiger partial charge is 0.337 e. The maximum Gasteiger partial charge on any atom is 0.337 e. The van der Waals surface area contributed by atoms with Crippen molar-refractivity contribution in [3.8, 4) is 5.75 Å². The highest BCUT2D eigenvalue weighted by molar-refractivity contribution is 7.89. The number of halogens is 1. The fraction of sp³-hybridized carbons (Fsp3) is 0.308. The maximum atomic E-state index is 13.2. The van der Waals surface area contributed by atoms with Crippen molar-refractivity contribution < 1.29 is 27.4 Å². The molecule has 1 aliphatic heterocycles. The second-order valence-corrected chi connectivity index (χ2v) is 14.6. The Labute approximate surface area is 298 Å². The van der Waals surface area contributed by atoms with E-state index in [1.165, 1.54) is 7.11 Å². The first kappa shape index (κ1) is 35.6. The summed E-state index contributed by atoms with van der Waals surface area (Å²) in [5, 5.41) is 1.60. The van der Waals surface area contributed by atoms with E-state index in [0.717, 1.165) is 46.4 Å². The number of aromatic nitrogens is 1. The standard InChI is InChI=1S/C39H42ClN3O6S/c1-47-39(44)31-12-15-33(16-13-31)49-24-19-34-35-28-32(40)14-17-36(35)43(38(29-8-4-2-5-9-29)30-10-6-3-7-11-30)37(34)18-20-41-50(45,46)27-23-42-21-25-48-26-22-42/h2-17,28,38,41H,18-27H2,1H3. The van der Waals surface area contributed by atoms with E-state index in [2.05, 4.69) is 38.5 Å². The van der Waals surface area contributed by atoms with Crippen LogP contribution in [0.5, 0.6) is 5.75 Å². The van der Waals surface area contributed by atoms with Crippen LogP contribution < -0.4 is 9.46 Å². The molecule has 9 nitrogen and oxygen atoms in total. The van der Waals surface area contributed by atoms with Crippen LogP contribution in [0.1, 0.15) is 38.8 Å². The van der Waals surface area contributed by atoms with Crippen LogP contribution in [0.15, 0.2) is 103 Å². The van der Waals surface area contributed by atoms with Gasteiger partial charge < -0.3 is 18.8 Å². The molecule has 50 heavy (non-hydrogen) atoms. The number of hydrogen-bond acceptors (Lipinski definition) is 7. The van der Waals surface area contributed by atoms with Crippen molar-refractivity contribution in [3.05, 3.63) is 136 Å². The predicted octanol–water partition coefficient (Wildman–Crippen LogP) is 6.13. The van der Waals surface area contributed by atoms with Gasteiger partial charge in [-0.1, -0.05) is 72.3 Å². The van der Waals surface area contributed by atoms with Crippen molar-refractivity contribution in [2.24, 2.45) is 0 Å². The number of carbonyl (C=O) groups excluding carboxylic acids is 1. The molecule has 0 unspecified atom stereocenters. The molecule has 0 aliphatic carbocycles. The van der Waals surface area contributed by atoms with Gasteiger partial charge in [0, 0.05) is 60.6 Å². The second-order valence-electron chi connectivity index (χ2n) is 12.2. The van der Waals surface area contributed by atoms with Gasteiger partial charge in [-0.25, -0.2) is 17.9 Å². The molecule has 2 heterocycles. The Morgan fingerprint density at radius 3 is 2.20 bits per heavy atom.